The van der Waals surface area contributed by atoms with Crippen molar-refractivity contribution in [2.45, 2.75) is 25.4 Å². The van der Waals surface area contributed by atoms with E-state index in [1.807, 2.05) is 60.7 Å². The number of benzene rings is 3. The molecule has 0 unspecified atom stereocenters. The van der Waals surface area contributed by atoms with Crippen molar-refractivity contribution in [2.24, 2.45) is 0 Å². The maximum Gasteiger partial charge on any atom is 0.311 e. The third-order valence-electron chi connectivity index (χ3n) is 4.24. The van der Waals surface area contributed by atoms with Crippen LogP contribution >= 0.6 is 11.6 Å². The van der Waals surface area contributed by atoms with Crippen LogP contribution in [0.1, 0.15) is 36.5 Å². The second-order valence-electron chi connectivity index (χ2n) is 6.48. The van der Waals surface area contributed by atoms with Gasteiger partial charge >= 0.3 is 11.9 Å². The Kier molecular flexibility index (Phi) is 7.42. The SMILES string of the molecule is O=C(CCCC(=O)OC(c1ccccc1)c1ccccc1)Oc1cccc(Cl)c1. The minimum absolute atomic E-state index is 0.114. The number of halogens is 1. The van der Waals surface area contributed by atoms with Crippen LogP contribution in [0, 0.1) is 0 Å². The number of hydrogen-bond donors (Lipinski definition) is 0. The molecule has 0 amide bonds. The minimum Gasteiger partial charge on any atom is -0.453 e. The van der Waals surface area contributed by atoms with Crippen molar-refractivity contribution in [2.75, 3.05) is 0 Å². The average Bonchev–Trinajstić information content (AvgIpc) is 2.73. The zero-order valence-electron chi connectivity index (χ0n) is 15.8. The highest BCUT2D eigenvalue weighted by molar-refractivity contribution is 6.30. The molecule has 5 heteroatoms. The molecule has 0 aliphatic carbocycles. The molecule has 0 radical (unpaired) electrons. The minimum atomic E-state index is -0.483. The largest absolute Gasteiger partial charge is 0.453 e. The third-order valence-corrected chi connectivity index (χ3v) is 4.48. The molecule has 0 atom stereocenters. The Balaban J connectivity index is 1.53. The molecule has 0 aliphatic rings. The van der Waals surface area contributed by atoms with Gasteiger partial charge in [-0.3, -0.25) is 9.59 Å². The normalized spacial score (nSPS) is 10.6. The Morgan fingerprint density at radius 1 is 0.759 bits per heavy atom. The maximum absolute atomic E-state index is 12.4. The molecule has 0 saturated carbocycles. The molecule has 0 heterocycles. The molecule has 0 saturated heterocycles. The first kappa shape index (κ1) is 20.6. The number of carbonyl (C=O) groups is 2. The number of ether oxygens (including phenoxy) is 2. The van der Waals surface area contributed by atoms with Crippen molar-refractivity contribution in [3.05, 3.63) is 101 Å². The summed E-state index contributed by atoms with van der Waals surface area (Å²) in [6.45, 7) is 0. The molecule has 0 spiro atoms. The predicted molar refractivity (Wildman–Crippen MR) is 112 cm³/mol. The van der Waals surface area contributed by atoms with E-state index in [1.54, 1.807) is 24.3 Å². The van der Waals surface area contributed by atoms with E-state index >= 15 is 0 Å². The van der Waals surface area contributed by atoms with E-state index in [-0.39, 0.29) is 18.8 Å². The van der Waals surface area contributed by atoms with Crippen molar-refractivity contribution in [3.8, 4) is 5.75 Å². The van der Waals surface area contributed by atoms with Crippen LogP contribution in [0.2, 0.25) is 5.02 Å². The van der Waals surface area contributed by atoms with Crippen LogP contribution in [0.5, 0.6) is 5.75 Å². The first-order valence-corrected chi connectivity index (χ1v) is 9.75. The van der Waals surface area contributed by atoms with Crippen molar-refractivity contribution < 1.29 is 19.1 Å². The molecule has 0 N–H and O–H groups in total. The molecule has 3 rings (SSSR count). The lowest BCUT2D eigenvalue weighted by molar-refractivity contribution is -0.147. The van der Waals surface area contributed by atoms with Crippen LogP contribution in [0.25, 0.3) is 0 Å². The summed E-state index contributed by atoms with van der Waals surface area (Å²) >= 11 is 5.87. The molecule has 0 fully saturated rings. The monoisotopic (exact) mass is 408 g/mol. The summed E-state index contributed by atoms with van der Waals surface area (Å²) in [5.74, 6) is -0.390. The third kappa shape index (κ3) is 6.47. The van der Waals surface area contributed by atoms with Crippen molar-refractivity contribution in [1.82, 2.24) is 0 Å². The van der Waals surface area contributed by atoms with Gasteiger partial charge in [0.1, 0.15) is 5.75 Å². The van der Waals surface area contributed by atoms with Crippen LogP contribution in [-0.4, -0.2) is 11.9 Å². The molecule has 4 nitrogen and oxygen atoms in total. The molecule has 0 aromatic heterocycles. The Labute approximate surface area is 175 Å². The second-order valence-corrected chi connectivity index (χ2v) is 6.91. The lowest BCUT2D eigenvalue weighted by Gasteiger charge is -2.19. The smallest absolute Gasteiger partial charge is 0.311 e. The summed E-state index contributed by atoms with van der Waals surface area (Å²) in [5.41, 5.74) is 1.79. The molecule has 29 heavy (non-hydrogen) atoms. The fraction of sp³-hybridized carbons (Fsp3) is 0.167. The summed E-state index contributed by atoms with van der Waals surface area (Å²) in [7, 11) is 0. The standard InChI is InChI=1S/C24H21ClO4/c25-20-13-7-14-21(17-20)28-22(26)15-8-16-23(27)29-24(18-9-3-1-4-10-18)19-11-5-2-6-12-19/h1-7,9-14,17,24H,8,15-16H2. The molecule has 148 valence electrons. The van der Waals surface area contributed by atoms with Gasteiger partial charge in [-0.2, -0.15) is 0 Å². The first-order valence-electron chi connectivity index (χ1n) is 9.37. The predicted octanol–water partition coefficient (Wildman–Crippen LogP) is 5.75. The highest BCUT2D eigenvalue weighted by atomic mass is 35.5. The van der Waals surface area contributed by atoms with Gasteiger partial charge in [-0.05, 0) is 35.7 Å². The van der Waals surface area contributed by atoms with E-state index in [2.05, 4.69) is 0 Å². The van der Waals surface area contributed by atoms with Gasteiger partial charge in [0.2, 0.25) is 0 Å². The van der Waals surface area contributed by atoms with Crippen LogP contribution < -0.4 is 4.74 Å². The van der Waals surface area contributed by atoms with Crippen LogP contribution in [0.15, 0.2) is 84.9 Å². The Morgan fingerprint density at radius 2 is 1.34 bits per heavy atom. The highest BCUT2D eigenvalue weighted by Crippen LogP contribution is 2.26. The van der Waals surface area contributed by atoms with Crippen molar-refractivity contribution in [3.63, 3.8) is 0 Å². The molecule has 3 aromatic rings. The van der Waals surface area contributed by atoms with Crippen LogP contribution in [-0.2, 0) is 14.3 Å². The Morgan fingerprint density at radius 3 is 1.93 bits per heavy atom. The van der Waals surface area contributed by atoms with E-state index in [1.165, 1.54) is 0 Å². The van der Waals surface area contributed by atoms with Crippen molar-refractivity contribution in [1.29, 1.82) is 0 Å². The number of rotatable bonds is 8. The van der Waals surface area contributed by atoms with Crippen LogP contribution in [0.3, 0.4) is 0 Å². The average molecular weight is 409 g/mol. The topological polar surface area (TPSA) is 52.6 Å². The fourth-order valence-corrected chi connectivity index (χ4v) is 3.04. The number of carbonyl (C=O) groups excluding carboxylic acids is 2. The zero-order chi connectivity index (χ0) is 20.5. The first-order chi connectivity index (χ1) is 14.1. The van der Waals surface area contributed by atoms with Crippen molar-refractivity contribution >= 4 is 23.5 Å². The van der Waals surface area contributed by atoms with E-state index < -0.39 is 12.1 Å². The summed E-state index contributed by atoms with van der Waals surface area (Å²) in [5, 5.41) is 0.492. The molecular weight excluding hydrogens is 388 g/mol. The molecule has 3 aromatic carbocycles. The summed E-state index contributed by atoms with van der Waals surface area (Å²) in [6.07, 6.45) is 0.0986. The highest BCUT2D eigenvalue weighted by Gasteiger charge is 2.19. The lowest BCUT2D eigenvalue weighted by atomic mass is 10.0. The Hall–Kier alpha value is -3.11. The summed E-state index contributed by atoms with van der Waals surface area (Å²) in [4.78, 5) is 24.3. The zero-order valence-corrected chi connectivity index (χ0v) is 16.5. The molecule has 0 aliphatic heterocycles. The van der Waals surface area contributed by atoms with Gasteiger partial charge < -0.3 is 9.47 Å². The quantitative estimate of drug-likeness (QED) is 0.352. The number of esters is 2. The van der Waals surface area contributed by atoms with E-state index in [4.69, 9.17) is 21.1 Å². The van der Waals surface area contributed by atoms with E-state index in [0.717, 1.165) is 11.1 Å². The van der Waals surface area contributed by atoms with Gasteiger partial charge in [-0.25, -0.2) is 0 Å². The molecule has 0 bridgehead atoms. The van der Waals surface area contributed by atoms with Crippen LogP contribution in [0.4, 0.5) is 0 Å². The van der Waals surface area contributed by atoms with Gasteiger partial charge in [0.25, 0.3) is 0 Å². The Bertz CT molecular complexity index is 902. The van der Waals surface area contributed by atoms with Gasteiger partial charge in [0.05, 0.1) is 0 Å². The van der Waals surface area contributed by atoms with Gasteiger partial charge in [-0.15, -0.1) is 0 Å². The van der Waals surface area contributed by atoms with Gasteiger partial charge in [-0.1, -0.05) is 78.3 Å². The van der Waals surface area contributed by atoms with Gasteiger partial charge in [0.15, 0.2) is 6.10 Å². The fourth-order valence-electron chi connectivity index (χ4n) is 2.86. The summed E-state index contributed by atoms with van der Waals surface area (Å²) in [6, 6.07) is 25.8. The van der Waals surface area contributed by atoms with E-state index in [0.29, 0.717) is 17.2 Å². The second kappa shape index (κ2) is 10.4. The van der Waals surface area contributed by atoms with E-state index in [9.17, 15) is 9.59 Å². The molecular formula is C24H21ClO4. The number of hydrogen-bond acceptors (Lipinski definition) is 4. The lowest BCUT2D eigenvalue weighted by Crippen LogP contribution is -2.14. The maximum atomic E-state index is 12.4. The summed E-state index contributed by atoms with van der Waals surface area (Å²) < 4.78 is 11.0. The van der Waals surface area contributed by atoms with Gasteiger partial charge in [0, 0.05) is 17.9 Å².